The van der Waals surface area contributed by atoms with Gasteiger partial charge in [-0.2, -0.15) is 0 Å². The van der Waals surface area contributed by atoms with Gasteiger partial charge in [-0.3, -0.25) is 4.72 Å². The van der Waals surface area contributed by atoms with E-state index in [-0.39, 0.29) is 17.3 Å². The van der Waals surface area contributed by atoms with Gasteiger partial charge in [0.1, 0.15) is 0 Å². The van der Waals surface area contributed by atoms with E-state index in [1.165, 1.54) is 0 Å². The van der Waals surface area contributed by atoms with Crippen molar-refractivity contribution in [3.8, 4) is 0 Å². The van der Waals surface area contributed by atoms with E-state index in [0.717, 1.165) is 31.6 Å². The number of benzene rings is 2. The quantitative estimate of drug-likeness (QED) is 0.780. The molecule has 1 saturated heterocycles. The van der Waals surface area contributed by atoms with Crippen LogP contribution in [0.1, 0.15) is 12.8 Å². The fourth-order valence-corrected chi connectivity index (χ4v) is 4.37. The number of hydrogen-bond donors (Lipinski definition) is 2. The summed E-state index contributed by atoms with van der Waals surface area (Å²) in [6.45, 7) is 1.96. The van der Waals surface area contributed by atoms with Gasteiger partial charge in [0.05, 0.1) is 21.3 Å². The molecule has 0 radical (unpaired) electrons. The first kappa shape index (κ1) is 20.8. The van der Waals surface area contributed by atoms with Crippen molar-refractivity contribution < 1.29 is 8.42 Å². The largest absolute Gasteiger partial charge is 0.370 e. The van der Waals surface area contributed by atoms with E-state index >= 15 is 0 Å². The average Bonchev–Trinajstić information content (AvgIpc) is 2.64. The zero-order valence-corrected chi connectivity index (χ0v) is 16.9. The minimum Gasteiger partial charge on any atom is -0.370 e. The molecule has 2 aromatic rings. The molecule has 0 aromatic heterocycles. The van der Waals surface area contributed by atoms with Crippen molar-refractivity contribution in [3.63, 3.8) is 0 Å². The maximum atomic E-state index is 12.5. The van der Waals surface area contributed by atoms with Crippen LogP contribution in [0.15, 0.2) is 53.4 Å². The normalized spacial score (nSPS) is 15.2. The van der Waals surface area contributed by atoms with Crippen molar-refractivity contribution in [2.75, 3.05) is 29.8 Å². The minimum atomic E-state index is -3.62. The fourth-order valence-electron chi connectivity index (χ4n) is 3.05. The summed E-state index contributed by atoms with van der Waals surface area (Å²) in [7, 11) is -1.61. The van der Waals surface area contributed by atoms with Crippen LogP contribution in [0.5, 0.6) is 0 Å². The first-order valence-corrected chi connectivity index (χ1v) is 10.1. The summed E-state index contributed by atoms with van der Waals surface area (Å²) < 4.78 is 27.6. The minimum absolute atomic E-state index is 0. The van der Waals surface area contributed by atoms with Crippen molar-refractivity contribution in [1.29, 1.82) is 0 Å². The summed E-state index contributed by atoms with van der Waals surface area (Å²) in [6.07, 6.45) is 2.07. The molecular weight excluding hydrogens is 393 g/mol. The van der Waals surface area contributed by atoms with Gasteiger partial charge in [0.2, 0.25) is 0 Å². The molecule has 3 rings (SSSR count). The van der Waals surface area contributed by atoms with Crippen LogP contribution in [0.2, 0.25) is 5.02 Å². The number of nitrogens with one attached hydrogen (secondary N) is 2. The third-order valence-corrected chi connectivity index (χ3v) is 6.21. The molecule has 0 spiro atoms. The van der Waals surface area contributed by atoms with E-state index in [0.29, 0.717) is 16.8 Å². The van der Waals surface area contributed by atoms with Crippen molar-refractivity contribution in [3.05, 3.63) is 53.6 Å². The fraction of sp³-hybridized carbons (Fsp3) is 0.333. The van der Waals surface area contributed by atoms with Gasteiger partial charge in [-0.05, 0) is 56.3 Å². The molecule has 0 amide bonds. The Balaban J connectivity index is 0.00000243. The second kappa shape index (κ2) is 8.95. The van der Waals surface area contributed by atoms with Crippen LogP contribution in [0.4, 0.5) is 11.4 Å². The number of piperidine rings is 1. The highest BCUT2D eigenvalue weighted by Gasteiger charge is 2.21. The number of rotatable bonds is 5. The molecule has 0 unspecified atom stereocenters. The monoisotopic (exact) mass is 415 g/mol. The Kier molecular flexibility index (Phi) is 7.17. The second-order valence-electron chi connectivity index (χ2n) is 6.18. The van der Waals surface area contributed by atoms with Crippen molar-refractivity contribution in [2.24, 2.45) is 0 Å². The number of anilines is 2. The van der Waals surface area contributed by atoms with Crippen LogP contribution in [-0.2, 0) is 10.0 Å². The molecule has 142 valence electrons. The van der Waals surface area contributed by atoms with Crippen LogP contribution < -0.4 is 14.9 Å². The summed E-state index contributed by atoms with van der Waals surface area (Å²) in [5.41, 5.74) is 1.34. The Morgan fingerprint density at radius 3 is 2.42 bits per heavy atom. The summed E-state index contributed by atoms with van der Waals surface area (Å²) in [6, 6.07) is 13.9. The SMILES string of the molecule is CN(c1cc(NS(=O)(=O)c2ccccc2)ccc1Cl)C1CCNCC1.Cl. The molecule has 8 heteroatoms. The second-order valence-corrected chi connectivity index (χ2v) is 8.27. The number of sulfonamides is 1. The highest BCUT2D eigenvalue weighted by molar-refractivity contribution is 7.92. The third-order valence-electron chi connectivity index (χ3n) is 4.49. The Bertz CT molecular complexity index is 826. The predicted molar refractivity (Wildman–Crippen MR) is 110 cm³/mol. The lowest BCUT2D eigenvalue weighted by atomic mass is 10.0. The molecule has 1 aliphatic rings. The lowest BCUT2D eigenvalue weighted by Gasteiger charge is -2.34. The van der Waals surface area contributed by atoms with Crippen LogP contribution in [0.25, 0.3) is 0 Å². The van der Waals surface area contributed by atoms with Crippen LogP contribution in [-0.4, -0.2) is 34.6 Å². The molecule has 0 aliphatic carbocycles. The molecule has 1 aliphatic heterocycles. The number of hydrogen-bond acceptors (Lipinski definition) is 4. The van der Waals surface area contributed by atoms with Crippen LogP contribution in [0.3, 0.4) is 0 Å². The lowest BCUT2D eigenvalue weighted by Crippen LogP contribution is -2.41. The molecule has 2 aromatic carbocycles. The average molecular weight is 416 g/mol. The highest BCUT2D eigenvalue weighted by Crippen LogP contribution is 2.32. The summed E-state index contributed by atoms with van der Waals surface area (Å²) in [4.78, 5) is 2.38. The maximum absolute atomic E-state index is 12.5. The molecule has 0 saturated carbocycles. The topological polar surface area (TPSA) is 61.4 Å². The first-order chi connectivity index (χ1) is 12.0. The molecule has 0 bridgehead atoms. The Morgan fingerprint density at radius 1 is 1.12 bits per heavy atom. The molecule has 26 heavy (non-hydrogen) atoms. The van der Waals surface area contributed by atoms with E-state index in [2.05, 4.69) is 14.9 Å². The van der Waals surface area contributed by atoms with Gasteiger partial charge in [0.25, 0.3) is 10.0 Å². The van der Waals surface area contributed by atoms with Crippen molar-refractivity contribution in [2.45, 2.75) is 23.8 Å². The Labute approximate surface area is 166 Å². The van der Waals surface area contributed by atoms with Gasteiger partial charge < -0.3 is 10.2 Å². The van der Waals surface area contributed by atoms with Crippen LogP contribution >= 0.6 is 24.0 Å². The van der Waals surface area contributed by atoms with E-state index < -0.39 is 10.0 Å². The zero-order chi connectivity index (χ0) is 17.9. The molecule has 0 atom stereocenters. The van der Waals surface area contributed by atoms with Gasteiger partial charge >= 0.3 is 0 Å². The molecule has 2 N–H and O–H groups in total. The first-order valence-electron chi connectivity index (χ1n) is 8.28. The summed E-state index contributed by atoms with van der Waals surface area (Å²) in [5, 5.41) is 3.96. The molecular formula is C18H23Cl2N3O2S. The maximum Gasteiger partial charge on any atom is 0.261 e. The van der Waals surface area contributed by atoms with Crippen molar-refractivity contribution in [1.82, 2.24) is 5.32 Å². The number of nitrogens with zero attached hydrogens (tertiary/aromatic N) is 1. The van der Waals surface area contributed by atoms with Crippen LogP contribution in [0, 0.1) is 0 Å². The Morgan fingerprint density at radius 2 is 1.77 bits per heavy atom. The van der Waals surface area contributed by atoms with Gasteiger partial charge in [-0.15, -0.1) is 12.4 Å². The van der Waals surface area contributed by atoms with Gasteiger partial charge in [-0.1, -0.05) is 29.8 Å². The molecule has 1 fully saturated rings. The van der Waals surface area contributed by atoms with E-state index in [9.17, 15) is 8.42 Å². The Hall–Kier alpha value is -1.47. The van der Waals surface area contributed by atoms with E-state index in [1.807, 2.05) is 7.05 Å². The van der Waals surface area contributed by atoms with Crippen molar-refractivity contribution >= 4 is 45.4 Å². The van der Waals surface area contributed by atoms with Gasteiger partial charge in [0.15, 0.2) is 0 Å². The van der Waals surface area contributed by atoms with Gasteiger partial charge in [-0.25, -0.2) is 8.42 Å². The highest BCUT2D eigenvalue weighted by atomic mass is 35.5. The number of halogens is 2. The lowest BCUT2D eigenvalue weighted by molar-refractivity contribution is 0.443. The smallest absolute Gasteiger partial charge is 0.261 e. The molecule has 5 nitrogen and oxygen atoms in total. The standard InChI is InChI=1S/C18H22ClN3O2S.ClH/c1-22(15-9-11-20-12-10-15)18-13-14(7-8-17(18)19)21-25(23,24)16-5-3-2-4-6-16;/h2-8,13,15,20-21H,9-12H2,1H3;1H. The summed E-state index contributed by atoms with van der Waals surface area (Å²) >= 11 is 6.36. The predicted octanol–water partition coefficient (Wildman–Crippen LogP) is 3.75. The third kappa shape index (κ3) is 4.82. The molecule has 1 heterocycles. The zero-order valence-electron chi connectivity index (χ0n) is 14.5. The van der Waals surface area contributed by atoms with E-state index in [1.54, 1.807) is 48.5 Å². The summed E-state index contributed by atoms with van der Waals surface area (Å²) in [5.74, 6) is 0. The van der Waals surface area contributed by atoms with E-state index in [4.69, 9.17) is 11.6 Å². The van der Waals surface area contributed by atoms with Gasteiger partial charge in [0, 0.05) is 13.1 Å².